The number of phosphoric acid groups is 1. The fourth-order valence-electron chi connectivity index (χ4n) is 10.3. The van der Waals surface area contributed by atoms with Gasteiger partial charge in [0.25, 0.3) is 0 Å². The molecule has 0 radical (unpaired) electrons. The first kappa shape index (κ1) is 86.9. The Kier molecular flexibility index (Phi) is 71.5. The third kappa shape index (κ3) is 74.8. The maximum absolute atomic E-state index is 12.8. The van der Waals surface area contributed by atoms with Crippen molar-refractivity contribution in [2.24, 2.45) is 5.73 Å². The summed E-state index contributed by atoms with van der Waals surface area (Å²) in [5, 5.41) is 0. The Balaban J connectivity index is 3.86. The standard InChI is InChI=1S/C81H138NO8P/c1-3-5-7-9-11-13-15-17-19-21-23-25-27-29-31-33-35-37-38-39-40-42-44-46-48-50-52-54-56-58-60-62-64-66-68-70-72-74-81(84)90-79(78-89-91(85,86)88-76-75-82)77-87-80(83)73-71-69-67-65-63-61-59-57-55-53-51-49-47-45-43-41-36-34-32-30-28-26-24-22-20-18-16-14-12-10-8-6-4-2/h5-8,11-14,17-20,23-26,29-32,35,37,39-40,79H,3-4,9-10,15-16,21-22,27-28,33-34,36,38,41-78,82H2,1-2H3,(H,85,86)/b7-5-,8-6-,13-11-,14-12-,19-17-,20-18-,25-23-,26-24-,31-29-,32-30-,37-35-,40-39-. The van der Waals surface area contributed by atoms with E-state index in [1.165, 1.54) is 173 Å². The number of hydrogen-bond donors (Lipinski definition) is 2. The third-order valence-electron chi connectivity index (χ3n) is 15.7. The molecule has 0 aliphatic heterocycles. The molecule has 91 heavy (non-hydrogen) atoms. The molecule has 3 N–H and O–H groups in total. The van der Waals surface area contributed by atoms with Gasteiger partial charge in [0.15, 0.2) is 6.10 Å². The van der Waals surface area contributed by atoms with Crippen LogP contribution in [0.5, 0.6) is 0 Å². The molecule has 0 amide bonds. The van der Waals surface area contributed by atoms with E-state index in [1.807, 2.05) is 0 Å². The zero-order valence-electron chi connectivity index (χ0n) is 58.5. The lowest BCUT2D eigenvalue weighted by molar-refractivity contribution is -0.161. The molecule has 0 rings (SSSR count). The molecule has 2 unspecified atom stereocenters. The van der Waals surface area contributed by atoms with Gasteiger partial charge in [-0.25, -0.2) is 4.57 Å². The average Bonchev–Trinajstić information content (AvgIpc) is 3.74. The second kappa shape index (κ2) is 74.9. The fourth-order valence-corrected chi connectivity index (χ4v) is 11.1. The zero-order chi connectivity index (χ0) is 65.8. The van der Waals surface area contributed by atoms with E-state index in [4.69, 9.17) is 24.3 Å². The summed E-state index contributed by atoms with van der Waals surface area (Å²) in [6, 6.07) is 0. The van der Waals surface area contributed by atoms with Crippen LogP contribution in [-0.2, 0) is 32.7 Å². The van der Waals surface area contributed by atoms with Gasteiger partial charge in [-0.3, -0.25) is 18.6 Å². The minimum atomic E-state index is -4.40. The van der Waals surface area contributed by atoms with E-state index in [1.54, 1.807) is 0 Å². The topological polar surface area (TPSA) is 134 Å². The number of rotatable bonds is 69. The maximum Gasteiger partial charge on any atom is 0.472 e. The lowest BCUT2D eigenvalue weighted by atomic mass is 10.0. The predicted molar refractivity (Wildman–Crippen MR) is 394 cm³/mol. The molecule has 0 aromatic rings. The summed E-state index contributed by atoms with van der Waals surface area (Å²) in [4.78, 5) is 35.4. The Morgan fingerprint density at radius 1 is 0.330 bits per heavy atom. The van der Waals surface area contributed by atoms with Gasteiger partial charge >= 0.3 is 19.8 Å². The van der Waals surface area contributed by atoms with Crippen LogP contribution < -0.4 is 5.73 Å². The van der Waals surface area contributed by atoms with Crippen molar-refractivity contribution in [3.63, 3.8) is 0 Å². The van der Waals surface area contributed by atoms with Crippen molar-refractivity contribution >= 4 is 19.8 Å². The van der Waals surface area contributed by atoms with Gasteiger partial charge in [0.05, 0.1) is 13.2 Å². The molecular formula is C81H138NO8P. The quantitative estimate of drug-likeness (QED) is 0.0264. The SMILES string of the molecule is CC/C=C\C/C=C\C/C=C\C/C=C\C/C=C\C/C=C\C/C=C\CCCCCCCCCCCCCCCCCC(=O)OC(COC(=O)CCCCCCCCCCCCCCCCCCC/C=C\C/C=C\C/C=C\C/C=C\C/C=C\CC)COP(=O)(O)OCCN. The molecule has 0 aromatic heterocycles. The Hall–Kier alpha value is -4.11. The molecule has 0 saturated heterocycles. The van der Waals surface area contributed by atoms with Gasteiger partial charge in [-0.15, -0.1) is 0 Å². The van der Waals surface area contributed by atoms with Crippen molar-refractivity contribution < 1.29 is 37.6 Å². The van der Waals surface area contributed by atoms with E-state index in [-0.39, 0.29) is 38.6 Å². The maximum atomic E-state index is 12.8. The summed E-state index contributed by atoms with van der Waals surface area (Å²) in [6.45, 7) is 3.54. The van der Waals surface area contributed by atoms with Crippen LogP contribution in [-0.4, -0.2) is 49.3 Å². The Bertz CT molecular complexity index is 2010. The van der Waals surface area contributed by atoms with Crippen molar-refractivity contribution in [1.29, 1.82) is 0 Å². The van der Waals surface area contributed by atoms with Crippen LogP contribution in [0.3, 0.4) is 0 Å². The zero-order valence-corrected chi connectivity index (χ0v) is 59.4. The number of carbonyl (C=O) groups is 2. The Morgan fingerprint density at radius 3 is 0.846 bits per heavy atom. The largest absolute Gasteiger partial charge is 0.472 e. The van der Waals surface area contributed by atoms with E-state index in [0.29, 0.717) is 6.42 Å². The monoisotopic (exact) mass is 1280 g/mol. The van der Waals surface area contributed by atoms with Crippen LogP contribution in [0.2, 0.25) is 0 Å². The van der Waals surface area contributed by atoms with Gasteiger partial charge in [-0.2, -0.15) is 0 Å². The summed E-state index contributed by atoms with van der Waals surface area (Å²) in [6.07, 6.45) is 108. The van der Waals surface area contributed by atoms with Crippen LogP contribution in [0.15, 0.2) is 146 Å². The number of ether oxygens (including phenoxy) is 2. The minimum absolute atomic E-state index is 0.0494. The summed E-state index contributed by atoms with van der Waals surface area (Å²) in [5.41, 5.74) is 5.41. The van der Waals surface area contributed by atoms with E-state index >= 15 is 0 Å². The number of nitrogens with two attached hydrogens (primary N) is 1. The van der Waals surface area contributed by atoms with Crippen LogP contribution in [0.1, 0.15) is 322 Å². The van der Waals surface area contributed by atoms with Crippen molar-refractivity contribution in [2.75, 3.05) is 26.4 Å². The first-order chi connectivity index (χ1) is 44.8. The number of hydrogen-bond acceptors (Lipinski definition) is 8. The molecule has 0 heterocycles. The lowest BCUT2D eigenvalue weighted by Crippen LogP contribution is -2.29. The number of esters is 2. The first-order valence-electron chi connectivity index (χ1n) is 37.3. The predicted octanol–water partition coefficient (Wildman–Crippen LogP) is 25.0. The van der Waals surface area contributed by atoms with Crippen LogP contribution in [0.4, 0.5) is 0 Å². The molecular weight excluding hydrogens is 1150 g/mol. The summed E-state index contributed by atoms with van der Waals surface area (Å²) >= 11 is 0. The molecule has 2 atom stereocenters. The summed E-state index contributed by atoms with van der Waals surface area (Å²) in [5.74, 6) is -0.822. The Morgan fingerprint density at radius 2 is 0.571 bits per heavy atom. The highest BCUT2D eigenvalue weighted by Crippen LogP contribution is 2.43. The van der Waals surface area contributed by atoms with Crippen molar-refractivity contribution in [3.05, 3.63) is 146 Å². The molecule has 0 bridgehead atoms. The first-order valence-corrected chi connectivity index (χ1v) is 38.8. The highest BCUT2D eigenvalue weighted by molar-refractivity contribution is 7.47. The van der Waals surface area contributed by atoms with Gasteiger partial charge in [0.1, 0.15) is 6.61 Å². The number of phosphoric ester groups is 1. The van der Waals surface area contributed by atoms with E-state index in [2.05, 4.69) is 160 Å². The second-order valence-electron chi connectivity index (χ2n) is 24.4. The average molecular weight is 1280 g/mol. The van der Waals surface area contributed by atoms with Gasteiger partial charge in [0, 0.05) is 19.4 Å². The molecule has 0 saturated carbocycles. The highest BCUT2D eigenvalue weighted by Gasteiger charge is 2.26. The normalized spacial score (nSPS) is 13.8. The van der Waals surface area contributed by atoms with Crippen molar-refractivity contribution in [2.45, 2.75) is 328 Å². The van der Waals surface area contributed by atoms with Crippen molar-refractivity contribution in [1.82, 2.24) is 0 Å². The molecule has 0 aliphatic carbocycles. The molecule has 0 aromatic carbocycles. The minimum Gasteiger partial charge on any atom is -0.462 e. The third-order valence-corrected chi connectivity index (χ3v) is 16.7. The number of unbranched alkanes of at least 4 members (excludes halogenated alkanes) is 32. The fraction of sp³-hybridized carbons (Fsp3) is 0.679. The van der Waals surface area contributed by atoms with Crippen LogP contribution in [0, 0.1) is 0 Å². The number of carbonyl (C=O) groups excluding carboxylic acids is 2. The second-order valence-corrected chi connectivity index (χ2v) is 25.9. The molecule has 10 heteroatoms. The molecule has 0 aliphatic rings. The van der Waals surface area contributed by atoms with Crippen molar-refractivity contribution in [3.8, 4) is 0 Å². The van der Waals surface area contributed by atoms with Crippen LogP contribution in [0.25, 0.3) is 0 Å². The van der Waals surface area contributed by atoms with Gasteiger partial charge < -0.3 is 20.1 Å². The summed E-state index contributed by atoms with van der Waals surface area (Å²) in [7, 11) is -4.40. The highest BCUT2D eigenvalue weighted by atomic mass is 31.2. The van der Waals surface area contributed by atoms with E-state index in [9.17, 15) is 19.0 Å². The van der Waals surface area contributed by atoms with E-state index < -0.39 is 26.5 Å². The van der Waals surface area contributed by atoms with Crippen LogP contribution >= 0.6 is 7.82 Å². The van der Waals surface area contributed by atoms with Gasteiger partial charge in [-0.1, -0.05) is 339 Å². The van der Waals surface area contributed by atoms with E-state index in [0.717, 1.165) is 116 Å². The molecule has 9 nitrogen and oxygen atoms in total. The molecule has 0 spiro atoms. The Labute approximate surface area is 560 Å². The smallest absolute Gasteiger partial charge is 0.462 e. The molecule has 520 valence electrons. The summed E-state index contributed by atoms with van der Waals surface area (Å²) < 4.78 is 33.2. The number of allylic oxidation sites excluding steroid dienone is 24. The van der Waals surface area contributed by atoms with Gasteiger partial charge in [0.2, 0.25) is 0 Å². The molecule has 0 fully saturated rings. The lowest BCUT2D eigenvalue weighted by Gasteiger charge is -2.19. The van der Waals surface area contributed by atoms with Gasteiger partial charge in [-0.05, 0) is 116 Å².